The Balaban J connectivity index is 1.28. The van der Waals surface area contributed by atoms with E-state index >= 15 is 0 Å². The van der Waals surface area contributed by atoms with Crippen LogP contribution < -0.4 is 9.80 Å². The minimum atomic E-state index is -0.0378. The lowest BCUT2D eigenvalue weighted by atomic mass is 10.1. The highest BCUT2D eigenvalue weighted by Gasteiger charge is 2.33. The van der Waals surface area contributed by atoms with Crippen molar-refractivity contribution in [3.63, 3.8) is 0 Å². The van der Waals surface area contributed by atoms with Crippen LogP contribution in [0.5, 0.6) is 0 Å². The minimum absolute atomic E-state index is 0.0378. The van der Waals surface area contributed by atoms with Crippen molar-refractivity contribution in [2.45, 2.75) is 13.8 Å². The Bertz CT molecular complexity index is 1880. The molecule has 5 aromatic rings. The van der Waals surface area contributed by atoms with Crippen molar-refractivity contribution in [2.75, 3.05) is 22.9 Å². The number of carbonyl (C=O) groups is 1. The van der Waals surface area contributed by atoms with Crippen LogP contribution in [0.1, 0.15) is 13.8 Å². The monoisotopic (exact) mass is 623 g/mol. The Morgan fingerprint density at radius 3 is 2.40 bits per heavy atom. The molecular formula is C32H25N5OS4. The van der Waals surface area contributed by atoms with Gasteiger partial charge in [-0.25, -0.2) is 9.97 Å². The predicted molar refractivity (Wildman–Crippen MR) is 182 cm³/mol. The van der Waals surface area contributed by atoms with Gasteiger partial charge in [-0.1, -0.05) is 54.3 Å². The molecule has 2 aromatic heterocycles. The number of thiocarbonyl (C=S) groups is 1. The molecule has 0 bridgehead atoms. The van der Waals surface area contributed by atoms with Gasteiger partial charge in [0, 0.05) is 29.7 Å². The number of rotatable bonds is 6. The highest BCUT2D eigenvalue weighted by Crippen LogP contribution is 2.48. The summed E-state index contributed by atoms with van der Waals surface area (Å²) in [6, 6.07) is 25.0. The Morgan fingerprint density at radius 1 is 0.857 bits per heavy atom. The predicted octanol–water partition coefficient (Wildman–Crippen LogP) is 8.67. The van der Waals surface area contributed by atoms with Gasteiger partial charge in [0.15, 0.2) is 0 Å². The molecule has 1 saturated heterocycles. The second-order valence-electron chi connectivity index (χ2n) is 9.62. The maximum Gasteiger partial charge on any atom is 0.266 e. The van der Waals surface area contributed by atoms with Gasteiger partial charge in [-0.3, -0.25) is 14.6 Å². The molecule has 7 rings (SSSR count). The zero-order valence-corrected chi connectivity index (χ0v) is 26.1. The second-order valence-corrected chi connectivity index (χ2v) is 13.2. The van der Waals surface area contributed by atoms with Gasteiger partial charge in [0.25, 0.3) is 5.91 Å². The van der Waals surface area contributed by atoms with Crippen molar-refractivity contribution in [1.29, 1.82) is 0 Å². The van der Waals surface area contributed by atoms with E-state index in [2.05, 4.69) is 58.5 Å². The zero-order chi connectivity index (χ0) is 28.8. The molecule has 0 saturated carbocycles. The summed E-state index contributed by atoms with van der Waals surface area (Å²) in [6.07, 6.45) is 3.94. The summed E-state index contributed by atoms with van der Waals surface area (Å²) in [6.45, 7) is 5.41. The number of fused-ring (bicyclic) bond motifs is 2. The van der Waals surface area contributed by atoms with Crippen LogP contribution in [0.25, 0.3) is 31.5 Å². The number of carbonyl (C=O) groups excluding carboxylic acids is 1. The van der Waals surface area contributed by atoms with Crippen molar-refractivity contribution in [2.24, 2.45) is 0 Å². The molecule has 10 heteroatoms. The van der Waals surface area contributed by atoms with E-state index < -0.39 is 0 Å². The van der Waals surface area contributed by atoms with E-state index in [-0.39, 0.29) is 5.91 Å². The summed E-state index contributed by atoms with van der Waals surface area (Å²) in [7, 11) is 0. The van der Waals surface area contributed by atoms with Gasteiger partial charge in [-0.15, -0.1) is 22.7 Å². The van der Waals surface area contributed by atoms with Crippen molar-refractivity contribution < 1.29 is 4.79 Å². The molecule has 0 radical (unpaired) electrons. The molecule has 0 spiro atoms. The molecule has 1 amide bonds. The number of likely N-dealkylation sites (N-methyl/N-ethyl adjacent to an activating group) is 1. The van der Waals surface area contributed by atoms with Gasteiger partial charge < -0.3 is 4.90 Å². The van der Waals surface area contributed by atoms with E-state index in [0.29, 0.717) is 15.8 Å². The summed E-state index contributed by atoms with van der Waals surface area (Å²) >= 11 is 10.1. The van der Waals surface area contributed by atoms with Crippen LogP contribution in [-0.4, -0.2) is 38.2 Å². The molecule has 0 atom stereocenters. The van der Waals surface area contributed by atoms with Crippen LogP contribution in [0.2, 0.25) is 0 Å². The third-order valence-corrected chi connectivity index (χ3v) is 10.5. The summed E-state index contributed by atoms with van der Waals surface area (Å²) in [5, 5.41) is 3.98. The Hall–Kier alpha value is -3.83. The number of hydrogen-bond donors (Lipinski definition) is 0. The van der Waals surface area contributed by atoms with Crippen LogP contribution in [0.15, 0.2) is 101 Å². The highest BCUT2D eigenvalue weighted by molar-refractivity contribution is 8.26. The van der Waals surface area contributed by atoms with Crippen LogP contribution in [0, 0.1) is 0 Å². The normalized spacial score (nSPS) is 17.0. The fourth-order valence-electron chi connectivity index (χ4n) is 5.20. The third kappa shape index (κ3) is 4.64. The number of aromatic nitrogens is 2. The van der Waals surface area contributed by atoms with E-state index in [4.69, 9.17) is 22.2 Å². The summed E-state index contributed by atoms with van der Waals surface area (Å²) in [5.41, 5.74) is 6.19. The molecule has 0 N–H and O–H groups in total. The van der Waals surface area contributed by atoms with E-state index in [0.717, 1.165) is 60.9 Å². The summed E-state index contributed by atoms with van der Waals surface area (Å²) in [5.74, 6) is 0.941. The first-order valence-electron chi connectivity index (χ1n) is 13.6. The smallest absolute Gasteiger partial charge is 0.266 e. The Morgan fingerprint density at radius 2 is 1.64 bits per heavy atom. The zero-order valence-electron chi connectivity index (χ0n) is 22.9. The number of amides is 1. The fraction of sp³-hybridized carbons (Fsp3) is 0.125. The largest absolute Gasteiger partial charge is 0.326 e. The summed E-state index contributed by atoms with van der Waals surface area (Å²) < 4.78 is 1.77. The van der Waals surface area contributed by atoms with E-state index in [1.165, 1.54) is 11.8 Å². The number of thioether (sulfide) groups is 1. The summed E-state index contributed by atoms with van der Waals surface area (Å²) in [4.78, 5) is 29.5. The molecule has 208 valence electrons. The maximum atomic E-state index is 12.9. The van der Waals surface area contributed by atoms with E-state index in [1.54, 1.807) is 27.6 Å². The number of benzene rings is 3. The van der Waals surface area contributed by atoms with Crippen LogP contribution in [0.4, 0.5) is 17.1 Å². The number of nitrogens with zero attached hydrogens (tertiary/aromatic N) is 5. The Kier molecular flexibility index (Phi) is 7.15. The van der Waals surface area contributed by atoms with Crippen LogP contribution in [-0.2, 0) is 4.79 Å². The molecule has 6 nitrogen and oxygen atoms in total. The average molecular weight is 624 g/mol. The van der Waals surface area contributed by atoms with Crippen molar-refractivity contribution in [3.8, 4) is 21.3 Å². The number of anilines is 3. The van der Waals surface area contributed by atoms with Crippen molar-refractivity contribution >= 4 is 84.2 Å². The molecule has 3 aromatic carbocycles. The first-order chi connectivity index (χ1) is 20.6. The van der Waals surface area contributed by atoms with E-state index in [1.807, 2.05) is 55.5 Å². The standard InChI is InChI=1S/C32H25N5OS4/c1-3-35-25-18-20(29-34-23(19-40-29)30-33-22-12-8-9-13-26(22)41-30)14-15-24(25)37(21-10-6-5-7-11-21)28(35)17-16-27-31(38)36(4-2)32(39)42-27/h5-19H,3-4H2,1-2H3/b27-16+,28-17-. The SMILES string of the molecule is CCN1C(=O)/C(=C\C=C2\N(CC)c3cc(-c4nc(-c5nc6ccccc6s5)cs4)ccc3N2c2ccccc2)SC1=S. The number of hydrogen-bond acceptors (Lipinski definition) is 9. The molecular weight excluding hydrogens is 599 g/mol. The number of para-hydroxylation sites is 2. The van der Waals surface area contributed by atoms with Crippen LogP contribution >= 0.6 is 46.7 Å². The topological polar surface area (TPSA) is 52.6 Å². The van der Waals surface area contributed by atoms with Gasteiger partial charge in [-0.2, -0.15) is 0 Å². The molecule has 2 aliphatic rings. The second kappa shape index (κ2) is 11.1. The van der Waals surface area contributed by atoms with Gasteiger partial charge in [0.05, 0.1) is 26.5 Å². The van der Waals surface area contributed by atoms with Gasteiger partial charge >= 0.3 is 0 Å². The first-order valence-corrected chi connectivity index (χ1v) is 16.5. The highest BCUT2D eigenvalue weighted by atomic mass is 32.2. The molecule has 1 fully saturated rings. The quantitative estimate of drug-likeness (QED) is 0.139. The maximum absolute atomic E-state index is 12.9. The van der Waals surface area contributed by atoms with Crippen molar-refractivity contribution in [3.05, 3.63) is 101 Å². The average Bonchev–Trinajstić information content (AvgIpc) is 3.79. The van der Waals surface area contributed by atoms with Gasteiger partial charge in [0.1, 0.15) is 25.9 Å². The first kappa shape index (κ1) is 27.0. The van der Waals surface area contributed by atoms with Gasteiger partial charge in [-0.05, 0) is 68.5 Å². The lowest BCUT2D eigenvalue weighted by Crippen LogP contribution is -2.27. The third-order valence-electron chi connectivity index (χ3n) is 7.18. The van der Waals surface area contributed by atoms with Gasteiger partial charge in [0.2, 0.25) is 0 Å². The Labute approximate surface area is 261 Å². The van der Waals surface area contributed by atoms with Crippen molar-refractivity contribution in [1.82, 2.24) is 14.9 Å². The molecule has 0 unspecified atom stereocenters. The molecule has 4 heterocycles. The minimum Gasteiger partial charge on any atom is -0.326 e. The van der Waals surface area contributed by atoms with E-state index in [9.17, 15) is 4.79 Å². The molecule has 42 heavy (non-hydrogen) atoms. The fourth-order valence-corrected chi connectivity index (χ4v) is 8.33. The molecule has 0 aliphatic carbocycles. The lowest BCUT2D eigenvalue weighted by Gasteiger charge is -2.24. The number of thiazole rings is 2. The van der Waals surface area contributed by atoms with Crippen LogP contribution in [0.3, 0.4) is 0 Å². The number of allylic oxidation sites excluding steroid dienone is 2. The molecule has 2 aliphatic heterocycles. The lowest BCUT2D eigenvalue weighted by molar-refractivity contribution is -0.122.